The molecule has 1 unspecified atom stereocenters. The largest absolute Gasteiger partial charge is 0.444 e. The van der Waals surface area contributed by atoms with Crippen molar-refractivity contribution in [2.24, 2.45) is 5.92 Å². The van der Waals surface area contributed by atoms with Crippen LogP contribution in [0.1, 0.15) is 52.2 Å². The molecule has 1 heterocycles. The van der Waals surface area contributed by atoms with Crippen LogP contribution in [0.5, 0.6) is 0 Å². The maximum Gasteiger partial charge on any atom is 0.410 e. The van der Waals surface area contributed by atoms with E-state index in [2.05, 4.69) is 36.9 Å². The number of carbonyl (C=O) groups is 1. The van der Waals surface area contributed by atoms with Gasteiger partial charge in [0.25, 0.3) is 0 Å². The Labute approximate surface area is 163 Å². The first kappa shape index (κ1) is 21.2. The van der Waals surface area contributed by atoms with Gasteiger partial charge in [0, 0.05) is 25.7 Å². The van der Waals surface area contributed by atoms with Crippen LogP contribution in [0, 0.1) is 17.2 Å². The summed E-state index contributed by atoms with van der Waals surface area (Å²) >= 11 is 0. The first-order chi connectivity index (χ1) is 12.7. The van der Waals surface area contributed by atoms with Gasteiger partial charge in [0.1, 0.15) is 5.60 Å². The molecule has 148 valence electrons. The van der Waals surface area contributed by atoms with Gasteiger partial charge >= 0.3 is 6.09 Å². The SMILES string of the molecule is CC1CN(CC[C@H](C)Cc2ccc(C#N)cc2)CCN1C(=O)OC(C)(C)C. The fourth-order valence-corrected chi connectivity index (χ4v) is 3.45. The maximum absolute atomic E-state index is 12.3. The molecule has 1 fully saturated rings. The van der Waals surface area contributed by atoms with E-state index in [0.29, 0.717) is 11.5 Å². The summed E-state index contributed by atoms with van der Waals surface area (Å²) < 4.78 is 5.51. The number of rotatable bonds is 5. The molecule has 0 bridgehead atoms. The van der Waals surface area contributed by atoms with Crippen LogP contribution in [-0.4, -0.2) is 53.7 Å². The molecule has 2 rings (SSSR count). The van der Waals surface area contributed by atoms with Crippen LogP contribution in [0.3, 0.4) is 0 Å². The van der Waals surface area contributed by atoms with Crippen molar-refractivity contribution in [3.8, 4) is 6.07 Å². The van der Waals surface area contributed by atoms with Crippen LogP contribution >= 0.6 is 0 Å². The molecular formula is C22H33N3O2. The number of amides is 1. The molecule has 0 saturated carbocycles. The minimum atomic E-state index is -0.450. The highest BCUT2D eigenvalue weighted by Crippen LogP contribution is 2.18. The lowest BCUT2D eigenvalue weighted by Gasteiger charge is -2.40. The van der Waals surface area contributed by atoms with Gasteiger partial charge < -0.3 is 9.64 Å². The van der Waals surface area contributed by atoms with Crippen molar-refractivity contribution >= 4 is 6.09 Å². The molecule has 1 aromatic rings. The Morgan fingerprint density at radius 2 is 1.96 bits per heavy atom. The highest BCUT2D eigenvalue weighted by Gasteiger charge is 2.30. The van der Waals surface area contributed by atoms with E-state index in [-0.39, 0.29) is 12.1 Å². The zero-order valence-corrected chi connectivity index (χ0v) is 17.4. The van der Waals surface area contributed by atoms with E-state index in [4.69, 9.17) is 10.00 Å². The van der Waals surface area contributed by atoms with E-state index < -0.39 is 5.60 Å². The number of nitriles is 1. The Kier molecular flexibility index (Phi) is 7.26. The number of hydrogen-bond donors (Lipinski definition) is 0. The lowest BCUT2D eigenvalue weighted by atomic mass is 9.97. The van der Waals surface area contributed by atoms with Crippen LogP contribution in [0.15, 0.2) is 24.3 Å². The summed E-state index contributed by atoms with van der Waals surface area (Å²) in [6.07, 6.45) is 1.95. The third kappa shape index (κ3) is 6.88. The third-order valence-electron chi connectivity index (χ3n) is 4.94. The van der Waals surface area contributed by atoms with Crippen molar-refractivity contribution in [2.75, 3.05) is 26.2 Å². The van der Waals surface area contributed by atoms with Crippen LogP contribution in [0.25, 0.3) is 0 Å². The number of nitrogens with zero attached hydrogens (tertiary/aromatic N) is 3. The molecule has 27 heavy (non-hydrogen) atoms. The second-order valence-electron chi connectivity index (χ2n) is 8.73. The van der Waals surface area contributed by atoms with Gasteiger partial charge in [-0.15, -0.1) is 0 Å². The minimum absolute atomic E-state index is 0.169. The lowest BCUT2D eigenvalue weighted by molar-refractivity contribution is 0.00101. The fraction of sp³-hybridized carbons (Fsp3) is 0.636. The standard InChI is InChI=1S/C22H33N3O2/c1-17(14-19-6-8-20(15-23)9-7-19)10-11-24-12-13-25(18(2)16-24)21(26)27-22(3,4)5/h6-9,17-18H,10-14,16H2,1-5H3/t17-,18?/m0/s1. The Morgan fingerprint density at radius 1 is 1.30 bits per heavy atom. The summed E-state index contributed by atoms with van der Waals surface area (Å²) in [4.78, 5) is 16.6. The van der Waals surface area contributed by atoms with E-state index in [9.17, 15) is 4.79 Å². The number of ether oxygens (including phenoxy) is 1. The molecular weight excluding hydrogens is 338 g/mol. The Bertz CT molecular complexity index is 658. The van der Waals surface area contributed by atoms with Crippen molar-refractivity contribution in [3.05, 3.63) is 35.4 Å². The van der Waals surface area contributed by atoms with Gasteiger partial charge in [-0.3, -0.25) is 4.90 Å². The van der Waals surface area contributed by atoms with Gasteiger partial charge in [0.05, 0.1) is 11.6 Å². The van der Waals surface area contributed by atoms with Crippen LogP contribution in [-0.2, 0) is 11.2 Å². The Balaban J connectivity index is 1.75. The van der Waals surface area contributed by atoms with Gasteiger partial charge in [-0.25, -0.2) is 4.79 Å². The molecule has 1 aliphatic rings. The second kappa shape index (κ2) is 9.23. The van der Waals surface area contributed by atoms with E-state index in [1.54, 1.807) is 0 Å². The van der Waals surface area contributed by atoms with Gasteiger partial charge in [-0.05, 0) is 70.7 Å². The second-order valence-corrected chi connectivity index (χ2v) is 8.73. The van der Waals surface area contributed by atoms with Crippen LogP contribution < -0.4 is 0 Å². The summed E-state index contributed by atoms with van der Waals surface area (Å²) in [6, 6.07) is 10.2. The third-order valence-corrected chi connectivity index (χ3v) is 4.94. The maximum atomic E-state index is 12.3. The van der Waals surface area contributed by atoms with Crippen molar-refractivity contribution in [1.82, 2.24) is 9.80 Å². The number of hydrogen-bond acceptors (Lipinski definition) is 4. The molecule has 0 spiro atoms. The topological polar surface area (TPSA) is 56.6 Å². The van der Waals surface area contributed by atoms with Crippen molar-refractivity contribution in [2.45, 2.75) is 59.1 Å². The predicted molar refractivity (Wildman–Crippen MR) is 107 cm³/mol. The van der Waals surface area contributed by atoms with Crippen LogP contribution in [0.4, 0.5) is 4.79 Å². The predicted octanol–water partition coefficient (Wildman–Crippen LogP) is 4.07. The lowest BCUT2D eigenvalue weighted by Crippen LogP contribution is -2.55. The van der Waals surface area contributed by atoms with Gasteiger partial charge in [0.15, 0.2) is 0 Å². The summed E-state index contributed by atoms with van der Waals surface area (Å²) in [5.41, 5.74) is 1.54. The molecule has 2 atom stereocenters. The molecule has 5 nitrogen and oxygen atoms in total. The molecule has 0 aliphatic carbocycles. The smallest absolute Gasteiger partial charge is 0.410 e. The zero-order chi connectivity index (χ0) is 20.0. The van der Waals surface area contributed by atoms with E-state index in [1.807, 2.05) is 37.8 Å². The monoisotopic (exact) mass is 371 g/mol. The van der Waals surface area contributed by atoms with Crippen molar-refractivity contribution in [1.29, 1.82) is 5.26 Å². The van der Waals surface area contributed by atoms with E-state index >= 15 is 0 Å². The van der Waals surface area contributed by atoms with Gasteiger partial charge in [-0.1, -0.05) is 19.1 Å². The van der Waals surface area contributed by atoms with Crippen molar-refractivity contribution in [3.63, 3.8) is 0 Å². The summed E-state index contributed by atoms with van der Waals surface area (Å²) in [6.45, 7) is 13.6. The Morgan fingerprint density at radius 3 is 2.52 bits per heavy atom. The highest BCUT2D eigenvalue weighted by molar-refractivity contribution is 5.68. The summed E-state index contributed by atoms with van der Waals surface area (Å²) in [7, 11) is 0. The van der Waals surface area contributed by atoms with Crippen molar-refractivity contribution < 1.29 is 9.53 Å². The van der Waals surface area contributed by atoms with E-state index in [0.717, 1.165) is 39.0 Å². The highest BCUT2D eigenvalue weighted by atomic mass is 16.6. The molecule has 1 aliphatic heterocycles. The fourth-order valence-electron chi connectivity index (χ4n) is 3.45. The summed E-state index contributed by atoms with van der Waals surface area (Å²) in [5, 5.41) is 8.88. The molecule has 5 heteroatoms. The van der Waals surface area contributed by atoms with Crippen LogP contribution in [0.2, 0.25) is 0 Å². The first-order valence-electron chi connectivity index (χ1n) is 9.89. The quantitative estimate of drug-likeness (QED) is 0.783. The zero-order valence-electron chi connectivity index (χ0n) is 17.4. The number of piperazine rings is 1. The summed E-state index contributed by atoms with van der Waals surface area (Å²) in [5.74, 6) is 0.581. The average molecular weight is 372 g/mol. The van der Waals surface area contributed by atoms with Gasteiger partial charge in [-0.2, -0.15) is 5.26 Å². The molecule has 0 radical (unpaired) electrons. The minimum Gasteiger partial charge on any atom is -0.444 e. The van der Waals surface area contributed by atoms with Gasteiger partial charge in [0.2, 0.25) is 0 Å². The number of carbonyl (C=O) groups excluding carboxylic acids is 1. The van der Waals surface area contributed by atoms with E-state index in [1.165, 1.54) is 5.56 Å². The molecule has 1 aromatic carbocycles. The Hall–Kier alpha value is -2.06. The number of benzene rings is 1. The normalized spacial score (nSPS) is 19.4. The first-order valence-corrected chi connectivity index (χ1v) is 9.89. The average Bonchev–Trinajstić information content (AvgIpc) is 2.59. The molecule has 0 aromatic heterocycles. The molecule has 0 N–H and O–H groups in total. The molecule has 1 amide bonds. The molecule has 1 saturated heterocycles.